The molecule has 1 N–H and O–H groups in total. The van der Waals surface area contributed by atoms with E-state index in [-0.39, 0.29) is 4.90 Å². The first-order valence-corrected chi connectivity index (χ1v) is 12.0. The van der Waals surface area contributed by atoms with Gasteiger partial charge in [-0.3, -0.25) is 4.79 Å². The van der Waals surface area contributed by atoms with Crippen molar-refractivity contribution in [1.82, 2.24) is 19.2 Å². The highest BCUT2D eigenvalue weighted by atomic mass is 32.2. The summed E-state index contributed by atoms with van der Waals surface area (Å²) in [5, 5.41) is 2.86. The molecule has 2 aromatic carbocycles. The molecule has 0 fully saturated rings. The second kappa shape index (κ2) is 10.5. The normalized spacial score (nSPS) is 12.9. The lowest BCUT2D eigenvalue weighted by Crippen LogP contribution is -2.30. The predicted octanol–water partition coefficient (Wildman–Crippen LogP) is 3.51. The summed E-state index contributed by atoms with van der Waals surface area (Å²) in [5.74, 6) is -0.239. The second-order valence-electron chi connectivity index (χ2n) is 7.38. The molecule has 0 saturated carbocycles. The van der Waals surface area contributed by atoms with Crippen LogP contribution >= 0.6 is 0 Å². The minimum absolute atomic E-state index is 0.203. The third kappa shape index (κ3) is 5.74. The first-order valence-electron chi connectivity index (χ1n) is 10.6. The van der Waals surface area contributed by atoms with Crippen LogP contribution in [0.5, 0.6) is 0 Å². The van der Waals surface area contributed by atoms with Crippen molar-refractivity contribution >= 4 is 22.0 Å². The van der Waals surface area contributed by atoms with Crippen LogP contribution in [0.15, 0.2) is 71.9 Å². The largest absolute Gasteiger partial charge is 0.339 e. The van der Waals surface area contributed by atoms with E-state index in [1.165, 1.54) is 34.6 Å². The maximum absolute atomic E-state index is 13.8. The summed E-state index contributed by atoms with van der Waals surface area (Å²) in [6, 6.07) is 11.7. The molecular weight excluding hydrogens is 443 g/mol. The number of imidazole rings is 1. The molecular formula is C24H27FN4O3S. The van der Waals surface area contributed by atoms with Gasteiger partial charge in [0, 0.05) is 38.6 Å². The first kappa shape index (κ1) is 24.3. The van der Waals surface area contributed by atoms with Crippen LogP contribution in [0.1, 0.15) is 36.8 Å². The number of aromatic nitrogens is 2. The number of hydrogen-bond acceptors (Lipinski definition) is 4. The number of sulfonamides is 1. The number of carbonyl (C=O) groups excluding carboxylic acids is 1. The Morgan fingerprint density at radius 2 is 1.88 bits per heavy atom. The van der Waals surface area contributed by atoms with E-state index < -0.39 is 27.8 Å². The Kier molecular flexibility index (Phi) is 7.78. The van der Waals surface area contributed by atoms with E-state index >= 15 is 0 Å². The lowest BCUT2D eigenvalue weighted by Gasteiger charge is -2.18. The number of nitrogens with zero attached hydrogens (tertiary/aromatic N) is 3. The summed E-state index contributed by atoms with van der Waals surface area (Å²) >= 11 is 0. The first-order chi connectivity index (χ1) is 15.8. The molecule has 1 aromatic heterocycles. The number of amides is 1. The number of aryl methyl sites for hydroxylation is 1. The molecule has 0 bridgehead atoms. The Morgan fingerprint density at radius 3 is 2.45 bits per heavy atom. The number of benzene rings is 2. The lowest BCUT2D eigenvalue weighted by atomic mass is 10.1. The van der Waals surface area contributed by atoms with Crippen LogP contribution in [0, 0.1) is 5.82 Å². The minimum Gasteiger partial charge on any atom is -0.339 e. The molecule has 1 atom stereocenters. The van der Waals surface area contributed by atoms with Crippen molar-refractivity contribution in [3.8, 4) is 0 Å². The predicted molar refractivity (Wildman–Crippen MR) is 125 cm³/mol. The summed E-state index contributed by atoms with van der Waals surface area (Å²) in [7, 11) is -1.74. The Balaban J connectivity index is 1.77. The monoisotopic (exact) mass is 470 g/mol. The van der Waals surface area contributed by atoms with Crippen LogP contribution in [0.2, 0.25) is 0 Å². The van der Waals surface area contributed by atoms with Crippen molar-refractivity contribution in [1.29, 1.82) is 0 Å². The highest BCUT2D eigenvalue weighted by Gasteiger charge is 2.22. The highest BCUT2D eigenvalue weighted by molar-refractivity contribution is 7.89. The zero-order chi connectivity index (χ0) is 24.0. The van der Waals surface area contributed by atoms with E-state index in [0.29, 0.717) is 30.0 Å². The van der Waals surface area contributed by atoms with Crippen LogP contribution in [-0.4, -0.2) is 41.3 Å². The smallest absolute Gasteiger partial charge is 0.244 e. The van der Waals surface area contributed by atoms with Gasteiger partial charge in [-0.1, -0.05) is 38.1 Å². The SMILES string of the molecule is CCN(CC)S(=O)(=O)c1ccc(/C=C/C(=O)NC(c2cccc(F)c2)c2nccn2C)cc1. The maximum atomic E-state index is 13.8. The van der Waals surface area contributed by atoms with Crippen molar-refractivity contribution < 1.29 is 17.6 Å². The van der Waals surface area contributed by atoms with Gasteiger partial charge in [0.1, 0.15) is 17.7 Å². The van der Waals surface area contributed by atoms with E-state index in [1.807, 2.05) is 0 Å². The maximum Gasteiger partial charge on any atom is 0.244 e. The van der Waals surface area contributed by atoms with Gasteiger partial charge in [0.15, 0.2) is 0 Å². The van der Waals surface area contributed by atoms with Crippen LogP contribution in [-0.2, 0) is 21.9 Å². The van der Waals surface area contributed by atoms with Gasteiger partial charge in [0.25, 0.3) is 0 Å². The number of nitrogens with one attached hydrogen (secondary N) is 1. The second-order valence-corrected chi connectivity index (χ2v) is 9.32. The molecule has 1 heterocycles. The summed E-state index contributed by atoms with van der Waals surface area (Å²) in [6.45, 7) is 4.37. The molecule has 0 spiro atoms. The average Bonchev–Trinajstić information content (AvgIpc) is 3.22. The minimum atomic E-state index is -3.54. The fraction of sp³-hybridized carbons (Fsp3) is 0.250. The number of halogens is 1. The summed E-state index contributed by atoms with van der Waals surface area (Å²) in [4.78, 5) is 17.2. The van der Waals surface area contributed by atoms with E-state index in [4.69, 9.17) is 0 Å². The van der Waals surface area contributed by atoms with E-state index in [1.54, 1.807) is 68.2 Å². The third-order valence-electron chi connectivity index (χ3n) is 5.24. The molecule has 33 heavy (non-hydrogen) atoms. The zero-order valence-electron chi connectivity index (χ0n) is 18.8. The average molecular weight is 471 g/mol. The molecule has 0 aliphatic carbocycles. The standard InChI is InChI=1S/C24H27FN4O3S/c1-4-29(5-2)33(31,32)21-12-9-18(10-13-21)11-14-22(30)27-23(24-26-15-16-28(24)3)19-7-6-8-20(25)17-19/h6-17,23H,4-5H2,1-3H3,(H,27,30)/b14-11+. The molecule has 0 aliphatic rings. The topological polar surface area (TPSA) is 84.3 Å². The van der Waals surface area contributed by atoms with Crippen LogP contribution in [0.3, 0.4) is 0 Å². The number of carbonyl (C=O) groups is 1. The summed E-state index contributed by atoms with van der Waals surface area (Å²) < 4.78 is 42.1. The molecule has 3 aromatic rings. The van der Waals surface area contributed by atoms with Crippen molar-refractivity contribution in [2.75, 3.05) is 13.1 Å². The van der Waals surface area contributed by atoms with Crippen molar-refractivity contribution in [2.24, 2.45) is 7.05 Å². The van der Waals surface area contributed by atoms with Gasteiger partial charge < -0.3 is 9.88 Å². The van der Waals surface area contributed by atoms with Crippen molar-refractivity contribution in [3.05, 3.63) is 89.8 Å². The molecule has 0 radical (unpaired) electrons. The van der Waals surface area contributed by atoms with Crippen molar-refractivity contribution in [2.45, 2.75) is 24.8 Å². The van der Waals surface area contributed by atoms with Crippen molar-refractivity contribution in [3.63, 3.8) is 0 Å². The van der Waals surface area contributed by atoms with E-state index in [2.05, 4.69) is 10.3 Å². The Bertz CT molecular complexity index is 1230. The van der Waals surface area contributed by atoms with E-state index in [0.717, 1.165) is 0 Å². The molecule has 0 saturated heterocycles. The third-order valence-corrected chi connectivity index (χ3v) is 7.30. The van der Waals surface area contributed by atoms with Gasteiger partial charge in [-0.15, -0.1) is 0 Å². The van der Waals surface area contributed by atoms with Crippen LogP contribution < -0.4 is 5.32 Å². The molecule has 174 valence electrons. The Hall–Kier alpha value is -3.30. The quantitative estimate of drug-likeness (QED) is 0.485. The number of hydrogen-bond donors (Lipinski definition) is 1. The van der Waals surface area contributed by atoms with Gasteiger partial charge >= 0.3 is 0 Å². The summed E-state index contributed by atoms with van der Waals surface area (Å²) in [5.41, 5.74) is 1.24. The van der Waals surface area contributed by atoms with Crippen LogP contribution in [0.25, 0.3) is 6.08 Å². The van der Waals surface area contributed by atoms with Gasteiger partial charge in [-0.2, -0.15) is 4.31 Å². The Labute approximate surface area is 193 Å². The van der Waals surface area contributed by atoms with Gasteiger partial charge in [-0.25, -0.2) is 17.8 Å². The molecule has 0 aliphatic heterocycles. The molecule has 1 amide bonds. The molecule has 7 nitrogen and oxygen atoms in total. The fourth-order valence-electron chi connectivity index (χ4n) is 3.46. The van der Waals surface area contributed by atoms with Crippen LogP contribution in [0.4, 0.5) is 4.39 Å². The molecule has 9 heteroatoms. The van der Waals surface area contributed by atoms with Gasteiger partial charge in [0.05, 0.1) is 4.90 Å². The number of rotatable bonds is 9. The Morgan fingerprint density at radius 1 is 1.18 bits per heavy atom. The fourth-order valence-corrected chi connectivity index (χ4v) is 4.92. The van der Waals surface area contributed by atoms with E-state index in [9.17, 15) is 17.6 Å². The van der Waals surface area contributed by atoms with Gasteiger partial charge in [0.2, 0.25) is 15.9 Å². The zero-order valence-corrected chi connectivity index (χ0v) is 19.6. The lowest BCUT2D eigenvalue weighted by molar-refractivity contribution is -0.117. The molecule has 3 rings (SSSR count). The summed E-state index contributed by atoms with van der Waals surface area (Å²) in [6.07, 6.45) is 6.29. The molecule has 1 unspecified atom stereocenters. The highest BCUT2D eigenvalue weighted by Crippen LogP contribution is 2.21. The van der Waals surface area contributed by atoms with Gasteiger partial charge in [-0.05, 0) is 41.5 Å².